The molecule has 2 aliphatic rings. The van der Waals surface area contributed by atoms with Crippen molar-refractivity contribution in [2.75, 3.05) is 18.5 Å². The van der Waals surface area contributed by atoms with Gasteiger partial charge < -0.3 is 19.9 Å². The van der Waals surface area contributed by atoms with E-state index in [0.717, 1.165) is 6.42 Å². The third kappa shape index (κ3) is 3.47. The molecule has 5 heteroatoms. The molecule has 1 fully saturated rings. The highest BCUT2D eigenvalue weighted by atomic mass is 16.5. The summed E-state index contributed by atoms with van der Waals surface area (Å²) in [6.45, 7) is 0.267. The van der Waals surface area contributed by atoms with E-state index in [2.05, 4.69) is 5.32 Å². The zero-order chi connectivity index (χ0) is 14.7. The van der Waals surface area contributed by atoms with Gasteiger partial charge in [0.05, 0.1) is 6.10 Å². The second-order valence-electron chi connectivity index (χ2n) is 5.82. The van der Waals surface area contributed by atoms with Crippen LogP contribution in [0.5, 0.6) is 11.5 Å². The summed E-state index contributed by atoms with van der Waals surface area (Å²) in [5, 5.41) is 12.8. The number of ether oxygens (including phenoxy) is 2. The molecule has 21 heavy (non-hydrogen) atoms. The summed E-state index contributed by atoms with van der Waals surface area (Å²) in [5.41, 5.74) is 0.557. The van der Waals surface area contributed by atoms with Crippen LogP contribution in [0.15, 0.2) is 18.2 Å². The molecule has 3 rings (SSSR count). The van der Waals surface area contributed by atoms with Gasteiger partial charge in [-0.3, -0.25) is 4.79 Å². The first-order valence-electron chi connectivity index (χ1n) is 7.59. The van der Waals surface area contributed by atoms with Crippen LogP contribution in [0.4, 0.5) is 5.69 Å². The Labute approximate surface area is 124 Å². The number of carbonyl (C=O) groups is 1. The van der Waals surface area contributed by atoms with Crippen LogP contribution in [0.2, 0.25) is 0 Å². The summed E-state index contributed by atoms with van der Waals surface area (Å²) in [6.07, 6.45) is 5.28. The number of anilines is 1. The lowest BCUT2D eigenvalue weighted by Gasteiger charge is -2.22. The monoisotopic (exact) mass is 291 g/mol. The smallest absolute Gasteiger partial charge is 0.262 e. The van der Waals surface area contributed by atoms with Crippen molar-refractivity contribution in [1.82, 2.24) is 0 Å². The van der Waals surface area contributed by atoms with Gasteiger partial charge in [0.1, 0.15) is 23.8 Å². The molecule has 1 aromatic rings. The molecule has 0 spiro atoms. The Morgan fingerprint density at radius 3 is 3.00 bits per heavy atom. The van der Waals surface area contributed by atoms with Gasteiger partial charge in [-0.25, -0.2) is 0 Å². The average Bonchev–Trinajstić information content (AvgIpc) is 2.98. The first kappa shape index (κ1) is 14.2. The Morgan fingerprint density at radius 1 is 1.38 bits per heavy atom. The van der Waals surface area contributed by atoms with Crippen LogP contribution < -0.4 is 14.8 Å². The topological polar surface area (TPSA) is 67.8 Å². The molecule has 0 bridgehead atoms. The van der Waals surface area contributed by atoms with E-state index in [1.54, 1.807) is 12.1 Å². The molecule has 1 aromatic carbocycles. The predicted octanol–water partition coefficient (Wildman–Crippen LogP) is 2.34. The van der Waals surface area contributed by atoms with E-state index >= 15 is 0 Å². The summed E-state index contributed by atoms with van der Waals surface area (Å²) < 4.78 is 11.0. The molecular weight excluding hydrogens is 270 g/mol. The maximum Gasteiger partial charge on any atom is 0.262 e. The van der Waals surface area contributed by atoms with Gasteiger partial charge >= 0.3 is 0 Å². The lowest BCUT2D eigenvalue weighted by Crippen LogP contribution is -2.26. The first-order valence-corrected chi connectivity index (χ1v) is 7.59. The van der Waals surface area contributed by atoms with Crippen molar-refractivity contribution < 1.29 is 19.4 Å². The highest BCUT2D eigenvalue weighted by Gasteiger charge is 2.22. The summed E-state index contributed by atoms with van der Waals surface area (Å²) in [6, 6.07) is 5.38. The van der Waals surface area contributed by atoms with Crippen LogP contribution in [0, 0.1) is 5.92 Å². The molecule has 1 unspecified atom stereocenters. The van der Waals surface area contributed by atoms with Crippen molar-refractivity contribution in [2.45, 2.75) is 38.2 Å². The van der Waals surface area contributed by atoms with Crippen LogP contribution in [-0.4, -0.2) is 30.3 Å². The molecule has 0 saturated heterocycles. The Morgan fingerprint density at radius 2 is 2.19 bits per heavy atom. The van der Waals surface area contributed by atoms with Crippen LogP contribution in [0.3, 0.4) is 0 Å². The average molecular weight is 291 g/mol. The van der Waals surface area contributed by atoms with E-state index in [4.69, 9.17) is 9.47 Å². The molecule has 5 nitrogen and oxygen atoms in total. The van der Waals surface area contributed by atoms with Gasteiger partial charge in [-0.15, -0.1) is 0 Å². The minimum absolute atomic E-state index is 0.0285. The normalized spacial score (nSPS) is 19.6. The number of amides is 1. The Kier molecular flexibility index (Phi) is 4.29. The fourth-order valence-corrected chi connectivity index (χ4v) is 3.08. The first-order chi connectivity index (χ1) is 10.2. The van der Waals surface area contributed by atoms with Crippen LogP contribution in [0.25, 0.3) is 0 Å². The number of fused-ring (bicyclic) bond motifs is 1. The number of rotatable bonds is 5. The molecule has 2 N–H and O–H groups in total. The van der Waals surface area contributed by atoms with Crippen molar-refractivity contribution in [2.24, 2.45) is 5.92 Å². The number of aliphatic hydroxyl groups is 1. The molecule has 1 heterocycles. The van der Waals surface area contributed by atoms with E-state index in [1.807, 2.05) is 6.07 Å². The zero-order valence-corrected chi connectivity index (χ0v) is 12.0. The second kappa shape index (κ2) is 6.35. The SMILES string of the molecule is O=C1COc2cccc(OCC(O)CC3CCCC3)c2N1. The lowest BCUT2D eigenvalue weighted by molar-refractivity contribution is -0.118. The van der Waals surface area contributed by atoms with E-state index in [0.29, 0.717) is 23.1 Å². The third-order valence-corrected chi connectivity index (χ3v) is 4.12. The van der Waals surface area contributed by atoms with Crippen LogP contribution >= 0.6 is 0 Å². The van der Waals surface area contributed by atoms with Gasteiger partial charge in [-0.05, 0) is 24.5 Å². The molecule has 1 aliphatic carbocycles. The summed E-state index contributed by atoms with van der Waals surface area (Å²) in [5.74, 6) is 1.59. The van der Waals surface area contributed by atoms with Crippen molar-refractivity contribution >= 4 is 11.6 Å². The molecule has 114 valence electrons. The van der Waals surface area contributed by atoms with Crippen LogP contribution in [-0.2, 0) is 4.79 Å². The van der Waals surface area contributed by atoms with Gasteiger partial charge in [0.15, 0.2) is 6.61 Å². The lowest BCUT2D eigenvalue weighted by atomic mass is 10.0. The summed E-state index contributed by atoms with van der Waals surface area (Å²) >= 11 is 0. The molecule has 0 aromatic heterocycles. The molecule has 0 radical (unpaired) electrons. The van der Waals surface area contributed by atoms with E-state index in [9.17, 15) is 9.90 Å². The maximum atomic E-state index is 11.4. The molecule has 1 atom stereocenters. The van der Waals surface area contributed by atoms with Crippen LogP contribution in [0.1, 0.15) is 32.1 Å². The largest absolute Gasteiger partial charge is 0.489 e. The maximum absolute atomic E-state index is 11.4. The molecule has 1 saturated carbocycles. The zero-order valence-electron chi connectivity index (χ0n) is 12.0. The van der Waals surface area contributed by atoms with Gasteiger partial charge in [-0.2, -0.15) is 0 Å². The van der Waals surface area contributed by atoms with E-state index < -0.39 is 6.10 Å². The van der Waals surface area contributed by atoms with E-state index in [1.165, 1.54) is 25.7 Å². The minimum atomic E-state index is -0.468. The van der Waals surface area contributed by atoms with Crippen molar-refractivity contribution in [3.63, 3.8) is 0 Å². The number of carbonyl (C=O) groups excluding carboxylic acids is 1. The van der Waals surface area contributed by atoms with Gasteiger partial charge in [0.25, 0.3) is 5.91 Å². The van der Waals surface area contributed by atoms with E-state index in [-0.39, 0.29) is 19.1 Å². The second-order valence-corrected chi connectivity index (χ2v) is 5.82. The number of hydrogen-bond donors (Lipinski definition) is 2. The Balaban J connectivity index is 1.58. The van der Waals surface area contributed by atoms with Gasteiger partial charge in [0, 0.05) is 0 Å². The molecule has 1 amide bonds. The number of nitrogens with one attached hydrogen (secondary N) is 1. The highest BCUT2D eigenvalue weighted by Crippen LogP contribution is 2.36. The third-order valence-electron chi connectivity index (χ3n) is 4.12. The number of aliphatic hydroxyl groups excluding tert-OH is 1. The number of benzene rings is 1. The van der Waals surface area contributed by atoms with Crippen molar-refractivity contribution in [3.05, 3.63) is 18.2 Å². The van der Waals surface area contributed by atoms with Gasteiger partial charge in [0.2, 0.25) is 0 Å². The van der Waals surface area contributed by atoms with Crippen molar-refractivity contribution in [1.29, 1.82) is 0 Å². The fourth-order valence-electron chi connectivity index (χ4n) is 3.08. The van der Waals surface area contributed by atoms with Gasteiger partial charge in [-0.1, -0.05) is 31.7 Å². The molecular formula is C16H21NO4. The minimum Gasteiger partial charge on any atom is -0.489 e. The fraction of sp³-hybridized carbons (Fsp3) is 0.562. The number of para-hydroxylation sites is 1. The predicted molar refractivity (Wildman–Crippen MR) is 78.6 cm³/mol. The van der Waals surface area contributed by atoms with Crippen molar-refractivity contribution in [3.8, 4) is 11.5 Å². The molecule has 1 aliphatic heterocycles. The highest BCUT2D eigenvalue weighted by molar-refractivity contribution is 5.97. The Hall–Kier alpha value is -1.75. The summed E-state index contributed by atoms with van der Waals surface area (Å²) in [4.78, 5) is 11.4. The standard InChI is InChI=1S/C16H21NO4/c18-12(8-11-4-1-2-5-11)9-20-13-6-3-7-14-16(13)17-15(19)10-21-14/h3,6-7,11-12,18H,1-2,4-5,8-10H2,(H,17,19). The summed E-state index contributed by atoms with van der Waals surface area (Å²) in [7, 11) is 0. The quantitative estimate of drug-likeness (QED) is 0.873. The number of hydrogen-bond acceptors (Lipinski definition) is 4. The Bertz CT molecular complexity index is 511.